The van der Waals surface area contributed by atoms with Gasteiger partial charge < -0.3 is 16.2 Å². The number of nitrogens with two attached hydrogens (primary N) is 2. The van der Waals surface area contributed by atoms with Gasteiger partial charge in [0.2, 0.25) is 5.91 Å². The predicted octanol–water partition coefficient (Wildman–Crippen LogP) is 2.26. The number of anilines is 1. The molecule has 1 amide bonds. The first-order valence-electron chi connectivity index (χ1n) is 5.94. The fourth-order valence-electron chi connectivity index (χ4n) is 1.77. The second kappa shape index (κ2) is 5.44. The average molecular weight is 256 g/mol. The van der Waals surface area contributed by atoms with Crippen LogP contribution in [0.1, 0.15) is 21.5 Å². The van der Waals surface area contributed by atoms with Crippen LogP contribution < -0.4 is 16.2 Å². The van der Waals surface area contributed by atoms with Crippen molar-refractivity contribution in [3.63, 3.8) is 0 Å². The van der Waals surface area contributed by atoms with Gasteiger partial charge in [0, 0.05) is 5.56 Å². The zero-order valence-corrected chi connectivity index (χ0v) is 10.7. The van der Waals surface area contributed by atoms with Crippen molar-refractivity contribution in [3.05, 3.63) is 59.2 Å². The molecule has 0 saturated carbocycles. The lowest BCUT2D eigenvalue weighted by atomic mass is 10.1. The summed E-state index contributed by atoms with van der Waals surface area (Å²) in [5.74, 6) is 0.187. The van der Waals surface area contributed by atoms with Gasteiger partial charge in [0.05, 0.1) is 5.69 Å². The largest absolute Gasteiger partial charge is 0.487 e. The van der Waals surface area contributed by atoms with E-state index in [1.807, 2.05) is 31.2 Å². The van der Waals surface area contributed by atoms with E-state index in [2.05, 4.69) is 0 Å². The molecular formula is C15H16N2O2. The normalized spacial score (nSPS) is 10.2. The minimum absolute atomic E-state index is 0.342. The SMILES string of the molecule is Cc1ccc(OCc2cccc(C(N)=O)c2)c(N)c1. The van der Waals surface area contributed by atoms with Crippen LogP contribution in [0.2, 0.25) is 0 Å². The Labute approximate surface area is 112 Å². The molecule has 2 aromatic rings. The second-order valence-electron chi connectivity index (χ2n) is 4.39. The maximum atomic E-state index is 11.1. The second-order valence-corrected chi connectivity index (χ2v) is 4.39. The summed E-state index contributed by atoms with van der Waals surface area (Å²) in [7, 11) is 0. The number of carbonyl (C=O) groups is 1. The molecule has 2 rings (SSSR count). The van der Waals surface area contributed by atoms with E-state index in [9.17, 15) is 4.79 Å². The molecule has 2 aromatic carbocycles. The highest BCUT2D eigenvalue weighted by atomic mass is 16.5. The van der Waals surface area contributed by atoms with Crippen molar-refractivity contribution in [2.75, 3.05) is 5.73 Å². The number of hydrogen-bond donors (Lipinski definition) is 2. The number of nitrogen functional groups attached to an aromatic ring is 1. The lowest BCUT2D eigenvalue weighted by Crippen LogP contribution is -2.11. The van der Waals surface area contributed by atoms with Crippen molar-refractivity contribution in [1.82, 2.24) is 0 Å². The maximum absolute atomic E-state index is 11.1. The summed E-state index contributed by atoms with van der Waals surface area (Å²) in [5, 5.41) is 0. The average Bonchev–Trinajstić information content (AvgIpc) is 2.38. The number of primary amides is 1. The zero-order chi connectivity index (χ0) is 13.8. The molecule has 0 spiro atoms. The van der Waals surface area contributed by atoms with Crippen molar-refractivity contribution in [3.8, 4) is 5.75 Å². The molecule has 4 N–H and O–H groups in total. The van der Waals surface area contributed by atoms with Crippen molar-refractivity contribution >= 4 is 11.6 Å². The number of amides is 1. The summed E-state index contributed by atoms with van der Waals surface area (Å²) >= 11 is 0. The first-order valence-corrected chi connectivity index (χ1v) is 5.94. The van der Waals surface area contributed by atoms with E-state index in [1.54, 1.807) is 18.2 Å². The first-order chi connectivity index (χ1) is 9.06. The number of ether oxygens (including phenoxy) is 1. The maximum Gasteiger partial charge on any atom is 0.248 e. The standard InChI is InChI=1S/C15H16N2O2/c1-10-5-6-14(13(16)7-10)19-9-11-3-2-4-12(8-11)15(17)18/h2-8H,9,16H2,1H3,(H2,17,18). The van der Waals surface area contributed by atoms with Crippen LogP contribution in [-0.2, 0) is 6.61 Å². The lowest BCUT2D eigenvalue weighted by molar-refractivity contribution is 0.1000. The summed E-state index contributed by atoms with van der Waals surface area (Å²) in [6, 6.07) is 12.7. The Morgan fingerprint density at radius 3 is 2.68 bits per heavy atom. The molecule has 0 fully saturated rings. The Kier molecular flexibility index (Phi) is 3.71. The summed E-state index contributed by atoms with van der Waals surface area (Å²) in [6.07, 6.45) is 0. The highest BCUT2D eigenvalue weighted by Crippen LogP contribution is 2.23. The van der Waals surface area contributed by atoms with Gasteiger partial charge in [-0.1, -0.05) is 18.2 Å². The third kappa shape index (κ3) is 3.25. The molecule has 0 aliphatic rings. The van der Waals surface area contributed by atoms with Gasteiger partial charge in [0.1, 0.15) is 12.4 Å². The number of aryl methyl sites for hydroxylation is 1. The van der Waals surface area contributed by atoms with Crippen LogP contribution >= 0.6 is 0 Å². The van der Waals surface area contributed by atoms with E-state index in [0.717, 1.165) is 11.1 Å². The quantitative estimate of drug-likeness (QED) is 0.823. The molecule has 19 heavy (non-hydrogen) atoms. The summed E-state index contributed by atoms with van der Waals surface area (Å²) < 4.78 is 5.64. The first kappa shape index (κ1) is 13.0. The van der Waals surface area contributed by atoms with Crippen molar-refractivity contribution in [1.29, 1.82) is 0 Å². The van der Waals surface area contributed by atoms with Crippen LogP contribution in [-0.4, -0.2) is 5.91 Å². The summed E-state index contributed by atoms with van der Waals surface area (Å²) in [4.78, 5) is 11.1. The van der Waals surface area contributed by atoms with Crippen LogP contribution in [0.5, 0.6) is 5.75 Å². The van der Waals surface area contributed by atoms with Crippen LogP contribution in [0, 0.1) is 6.92 Å². The van der Waals surface area contributed by atoms with Crippen LogP contribution in [0.3, 0.4) is 0 Å². The van der Waals surface area contributed by atoms with E-state index in [-0.39, 0.29) is 0 Å². The van der Waals surface area contributed by atoms with Gasteiger partial charge in [-0.15, -0.1) is 0 Å². The third-order valence-corrected chi connectivity index (χ3v) is 2.77. The molecule has 0 radical (unpaired) electrons. The van der Waals surface area contributed by atoms with Gasteiger partial charge in [-0.2, -0.15) is 0 Å². The highest BCUT2D eigenvalue weighted by Gasteiger charge is 2.04. The van der Waals surface area contributed by atoms with Gasteiger partial charge in [-0.05, 0) is 42.3 Å². The molecule has 0 aliphatic carbocycles. The minimum Gasteiger partial charge on any atom is -0.487 e. The molecule has 0 aliphatic heterocycles. The zero-order valence-electron chi connectivity index (χ0n) is 10.7. The van der Waals surface area contributed by atoms with Gasteiger partial charge in [-0.3, -0.25) is 4.79 Å². The molecule has 0 atom stereocenters. The number of benzene rings is 2. The summed E-state index contributed by atoms with van der Waals surface area (Å²) in [6.45, 7) is 2.31. The molecule has 0 aromatic heterocycles. The minimum atomic E-state index is -0.448. The molecule has 0 unspecified atom stereocenters. The third-order valence-electron chi connectivity index (χ3n) is 2.77. The highest BCUT2D eigenvalue weighted by molar-refractivity contribution is 5.92. The molecule has 4 heteroatoms. The fourth-order valence-corrected chi connectivity index (χ4v) is 1.77. The fraction of sp³-hybridized carbons (Fsp3) is 0.133. The Morgan fingerprint density at radius 1 is 1.21 bits per heavy atom. The molecule has 98 valence electrons. The van der Waals surface area contributed by atoms with E-state index in [1.165, 1.54) is 0 Å². The van der Waals surface area contributed by atoms with Gasteiger partial charge >= 0.3 is 0 Å². The van der Waals surface area contributed by atoms with E-state index < -0.39 is 5.91 Å². The Morgan fingerprint density at radius 2 is 2.00 bits per heavy atom. The Bertz CT molecular complexity index is 609. The van der Waals surface area contributed by atoms with Gasteiger partial charge in [0.15, 0.2) is 0 Å². The predicted molar refractivity (Wildman–Crippen MR) is 74.9 cm³/mol. The van der Waals surface area contributed by atoms with Crippen molar-refractivity contribution < 1.29 is 9.53 Å². The van der Waals surface area contributed by atoms with Crippen molar-refractivity contribution in [2.45, 2.75) is 13.5 Å². The summed E-state index contributed by atoms with van der Waals surface area (Å²) in [5.41, 5.74) is 14.1. The number of hydrogen-bond acceptors (Lipinski definition) is 3. The van der Waals surface area contributed by atoms with Crippen molar-refractivity contribution in [2.24, 2.45) is 5.73 Å². The molecule has 4 nitrogen and oxygen atoms in total. The Balaban J connectivity index is 2.10. The molecular weight excluding hydrogens is 240 g/mol. The van der Waals surface area contributed by atoms with E-state index >= 15 is 0 Å². The van der Waals surface area contributed by atoms with Gasteiger partial charge in [0.25, 0.3) is 0 Å². The van der Waals surface area contributed by atoms with E-state index in [0.29, 0.717) is 23.6 Å². The monoisotopic (exact) mass is 256 g/mol. The number of rotatable bonds is 4. The van der Waals surface area contributed by atoms with Crippen LogP contribution in [0.4, 0.5) is 5.69 Å². The molecule has 0 bridgehead atoms. The van der Waals surface area contributed by atoms with E-state index in [4.69, 9.17) is 16.2 Å². The van der Waals surface area contributed by atoms with Crippen LogP contribution in [0.25, 0.3) is 0 Å². The van der Waals surface area contributed by atoms with Gasteiger partial charge in [-0.25, -0.2) is 0 Å². The topological polar surface area (TPSA) is 78.3 Å². The molecule has 0 heterocycles. The van der Waals surface area contributed by atoms with Crippen LogP contribution in [0.15, 0.2) is 42.5 Å². The number of carbonyl (C=O) groups excluding carboxylic acids is 1. The molecule has 0 saturated heterocycles. The lowest BCUT2D eigenvalue weighted by Gasteiger charge is -2.10. The smallest absolute Gasteiger partial charge is 0.248 e. The Hall–Kier alpha value is -2.49.